The van der Waals surface area contributed by atoms with Gasteiger partial charge in [-0.1, -0.05) is 0 Å². The molecule has 0 amide bonds. The first kappa shape index (κ1) is 15.7. The second-order valence-electron chi connectivity index (χ2n) is 5.99. The highest BCUT2D eigenvalue weighted by molar-refractivity contribution is 5.48. The average Bonchev–Trinajstić information content (AvgIpc) is 3.06. The number of hydrogen-bond donors (Lipinski definition) is 2. The Kier molecular flexibility index (Phi) is 4.14. The number of piperidine rings is 1. The van der Waals surface area contributed by atoms with Crippen LogP contribution in [0, 0.1) is 0 Å². The molecule has 2 N–H and O–H groups in total. The number of aromatic nitrogens is 5. The van der Waals surface area contributed by atoms with Crippen molar-refractivity contribution in [1.82, 2.24) is 24.8 Å². The monoisotopic (exact) mass is 343 g/mol. The van der Waals surface area contributed by atoms with Gasteiger partial charge in [-0.3, -0.25) is 0 Å². The van der Waals surface area contributed by atoms with Crippen LogP contribution in [-0.2, 0) is 0 Å². The molecule has 0 aromatic carbocycles. The van der Waals surface area contributed by atoms with Crippen LogP contribution >= 0.6 is 0 Å². The molecule has 2 atom stereocenters. The fraction of sp³-hybridized carbons (Fsp3) is 0.375. The highest BCUT2D eigenvalue weighted by Gasteiger charge is 2.22. The number of halogens is 1. The number of alkyl halides is 1. The summed E-state index contributed by atoms with van der Waals surface area (Å²) in [5, 5.41) is 25.5. The third-order valence-corrected chi connectivity index (χ3v) is 4.20. The Labute approximate surface area is 143 Å². The van der Waals surface area contributed by atoms with E-state index in [1.807, 2.05) is 17.0 Å². The van der Waals surface area contributed by atoms with Gasteiger partial charge in [0.1, 0.15) is 17.7 Å². The Bertz CT molecular complexity index is 856. The van der Waals surface area contributed by atoms with Gasteiger partial charge in [0, 0.05) is 12.7 Å². The minimum Gasteiger partial charge on any atom is -0.368 e. The van der Waals surface area contributed by atoms with E-state index in [4.69, 9.17) is 0 Å². The summed E-state index contributed by atoms with van der Waals surface area (Å²) >= 11 is 0. The van der Waals surface area contributed by atoms with E-state index in [-0.39, 0.29) is 0 Å². The van der Waals surface area contributed by atoms with E-state index < -0.39 is 12.4 Å². The maximum Gasteiger partial charge on any atom is 0.170 e. The van der Waals surface area contributed by atoms with Gasteiger partial charge in [-0.05, 0) is 37.1 Å². The predicted octanol–water partition coefficient (Wildman–Crippen LogP) is 1.56. The fourth-order valence-electron chi connectivity index (χ4n) is 2.96. The molecule has 4 heterocycles. The molecular formula is C16H18FN7O. The van der Waals surface area contributed by atoms with Gasteiger partial charge in [-0.2, -0.15) is 5.10 Å². The standard InChI is InChI=1S/C16H18FN7O/c17-11-3-2-8-23(10-11)15-6-5-14-18-9-12(24(14)22-15)16(25)20-13-4-1-7-19-21-13/h1,4-7,9,11,16,25H,2-3,8,10H2,(H,20,21)/t11-,16?/m0/s1. The molecule has 9 heteroatoms. The SMILES string of the molecule is OC(Nc1cccnn1)c1cnc2ccc(N3CCC[C@H](F)C3)nn12. The maximum atomic E-state index is 13.7. The molecule has 0 saturated carbocycles. The number of aliphatic hydroxyl groups excluding tert-OH is 1. The Balaban J connectivity index is 1.62. The van der Waals surface area contributed by atoms with Crippen LogP contribution in [0.3, 0.4) is 0 Å². The van der Waals surface area contributed by atoms with Crippen molar-refractivity contribution in [1.29, 1.82) is 0 Å². The molecule has 25 heavy (non-hydrogen) atoms. The van der Waals surface area contributed by atoms with Gasteiger partial charge in [0.2, 0.25) is 0 Å². The van der Waals surface area contributed by atoms with Crippen LogP contribution in [0.1, 0.15) is 24.8 Å². The van der Waals surface area contributed by atoms with Gasteiger partial charge in [0.15, 0.2) is 17.7 Å². The van der Waals surface area contributed by atoms with E-state index in [0.29, 0.717) is 35.9 Å². The Morgan fingerprint density at radius 3 is 3.04 bits per heavy atom. The lowest BCUT2D eigenvalue weighted by Crippen LogP contribution is -2.37. The molecule has 1 aliphatic rings. The maximum absolute atomic E-state index is 13.7. The minimum absolute atomic E-state index is 0.336. The van der Waals surface area contributed by atoms with Gasteiger partial charge in [0.25, 0.3) is 0 Å². The molecule has 3 aromatic rings. The number of aliphatic hydroxyl groups is 1. The topological polar surface area (TPSA) is 91.5 Å². The average molecular weight is 343 g/mol. The molecule has 1 saturated heterocycles. The summed E-state index contributed by atoms with van der Waals surface area (Å²) in [6.45, 7) is 1.10. The zero-order valence-electron chi connectivity index (χ0n) is 13.5. The first-order valence-corrected chi connectivity index (χ1v) is 8.17. The summed E-state index contributed by atoms with van der Waals surface area (Å²) < 4.78 is 15.2. The molecule has 1 aliphatic heterocycles. The second kappa shape index (κ2) is 6.60. The molecule has 3 aromatic heterocycles. The molecule has 0 bridgehead atoms. The molecule has 8 nitrogen and oxygen atoms in total. The second-order valence-corrected chi connectivity index (χ2v) is 5.99. The van der Waals surface area contributed by atoms with E-state index in [9.17, 15) is 9.50 Å². The number of imidazole rings is 1. The van der Waals surface area contributed by atoms with Crippen LogP contribution in [0.25, 0.3) is 5.65 Å². The van der Waals surface area contributed by atoms with Gasteiger partial charge in [-0.15, -0.1) is 10.2 Å². The first-order chi connectivity index (χ1) is 12.2. The quantitative estimate of drug-likeness (QED) is 0.695. The number of fused-ring (bicyclic) bond motifs is 1. The third-order valence-electron chi connectivity index (χ3n) is 4.20. The number of hydrogen-bond acceptors (Lipinski definition) is 7. The van der Waals surface area contributed by atoms with Gasteiger partial charge in [-0.25, -0.2) is 13.9 Å². The Hall–Kier alpha value is -2.81. The van der Waals surface area contributed by atoms with Crippen molar-refractivity contribution in [2.75, 3.05) is 23.3 Å². The third kappa shape index (κ3) is 3.22. The first-order valence-electron chi connectivity index (χ1n) is 8.17. The zero-order valence-corrected chi connectivity index (χ0v) is 13.5. The largest absolute Gasteiger partial charge is 0.368 e. The molecule has 1 fully saturated rings. The lowest BCUT2D eigenvalue weighted by Gasteiger charge is -2.29. The highest BCUT2D eigenvalue weighted by atomic mass is 19.1. The molecule has 1 unspecified atom stereocenters. The van der Waals surface area contributed by atoms with Gasteiger partial charge in [0.05, 0.1) is 12.7 Å². The Morgan fingerprint density at radius 1 is 1.32 bits per heavy atom. The lowest BCUT2D eigenvalue weighted by atomic mass is 10.1. The predicted molar refractivity (Wildman–Crippen MR) is 89.9 cm³/mol. The van der Waals surface area contributed by atoms with Crippen LogP contribution in [0.5, 0.6) is 0 Å². The summed E-state index contributed by atoms with van der Waals surface area (Å²) in [6, 6.07) is 7.05. The normalized spacial score (nSPS) is 19.1. The summed E-state index contributed by atoms with van der Waals surface area (Å²) in [4.78, 5) is 6.17. The molecule has 0 aliphatic carbocycles. The van der Waals surface area contributed by atoms with Crippen molar-refractivity contribution in [3.63, 3.8) is 0 Å². The zero-order chi connectivity index (χ0) is 17.2. The van der Waals surface area contributed by atoms with Crippen LogP contribution < -0.4 is 10.2 Å². The lowest BCUT2D eigenvalue weighted by molar-refractivity contribution is 0.200. The smallest absolute Gasteiger partial charge is 0.170 e. The Morgan fingerprint density at radius 2 is 2.24 bits per heavy atom. The summed E-state index contributed by atoms with van der Waals surface area (Å²) in [7, 11) is 0. The molecule has 130 valence electrons. The van der Waals surface area contributed by atoms with Crippen LogP contribution in [0.4, 0.5) is 16.0 Å². The van der Waals surface area contributed by atoms with Crippen LogP contribution in [-0.4, -0.2) is 49.2 Å². The van der Waals surface area contributed by atoms with Crippen molar-refractivity contribution in [3.05, 3.63) is 42.4 Å². The van der Waals surface area contributed by atoms with Crippen molar-refractivity contribution >= 4 is 17.3 Å². The number of nitrogens with zero attached hydrogens (tertiary/aromatic N) is 6. The molecule has 0 spiro atoms. The van der Waals surface area contributed by atoms with Crippen molar-refractivity contribution in [2.24, 2.45) is 0 Å². The number of nitrogens with one attached hydrogen (secondary N) is 1. The van der Waals surface area contributed by atoms with Crippen molar-refractivity contribution in [3.8, 4) is 0 Å². The summed E-state index contributed by atoms with van der Waals surface area (Å²) in [6.07, 6.45) is 2.61. The van der Waals surface area contributed by atoms with Gasteiger partial charge >= 0.3 is 0 Å². The van der Waals surface area contributed by atoms with E-state index in [1.54, 1.807) is 29.0 Å². The van der Waals surface area contributed by atoms with Crippen LogP contribution in [0.15, 0.2) is 36.7 Å². The van der Waals surface area contributed by atoms with Crippen molar-refractivity contribution < 1.29 is 9.50 Å². The summed E-state index contributed by atoms with van der Waals surface area (Å²) in [5.74, 6) is 1.11. The van der Waals surface area contributed by atoms with Crippen LogP contribution in [0.2, 0.25) is 0 Å². The van der Waals surface area contributed by atoms with E-state index in [1.165, 1.54) is 0 Å². The van der Waals surface area contributed by atoms with E-state index >= 15 is 0 Å². The number of rotatable bonds is 4. The van der Waals surface area contributed by atoms with E-state index in [0.717, 1.165) is 13.0 Å². The fourth-order valence-corrected chi connectivity index (χ4v) is 2.96. The molecular weight excluding hydrogens is 325 g/mol. The summed E-state index contributed by atoms with van der Waals surface area (Å²) in [5.41, 5.74) is 1.07. The van der Waals surface area contributed by atoms with Crippen molar-refractivity contribution in [2.45, 2.75) is 25.2 Å². The molecule has 0 radical (unpaired) electrons. The number of anilines is 2. The van der Waals surface area contributed by atoms with E-state index in [2.05, 4.69) is 25.6 Å². The van der Waals surface area contributed by atoms with Gasteiger partial charge < -0.3 is 15.3 Å². The highest BCUT2D eigenvalue weighted by Crippen LogP contribution is 2.22. The minimum atomic E-state index is -1.05. The molecule has 4 rings (SSSR count).